The number of nitrogens with zero attached hydrogens (tertiary/aromatic N) is 4. The van der Waals surface area contributed by atoms with Crippen LogP contribution in [0.15, 0.2) is 0 Å². The molecule has 0 saturated carbocycles. The minimum atomic E-state index is -1.42. The first kappa shape index (κ1) is 26.7. The molecule has 0 aromatic carbocycles. The molecule has 2 fully saturated rings. The summed E-state index contributed by atoms with van der Waals surface area (Å²) >= 11 is 0. The Balaban J connectivity index is 2.28. The molecule has 0 bridgehead atoms. The van der Waals surface area contributed by atoms with Crippen LogP contribution in [0.5, 0.6) is 0 Å². The van der Waals surface area contributed by atoms with Crippen LogP contribution in [0.2, 0.25) is 0 Å². The third kappa shape index (κ3) is 6.95. The lowest BCUT2D eigenvalue weighted by Crippen LogP contribution is -2.64. The van der Waals surface area contributed by atoms with Gasteiger partial charge < -0.3 is 20.9 Å². The number of hydrazine groups is 1. The second kappa shape index (κ2) is 11.0. The summed E-state index contributed by atoms with van der Waals surface area (Å²) < 4.78 is 5.20. The normalized spacial score (nSPS) is 21.4. The highest BCUT2D eigenvalue weighted by Crippen LogP contribution is 2.25. The SMILES string of the molecule is CC(=O)N[C@H]1CCC(=O)N2CCC[C@@H](C(=O)N[C@@H](CC(=O)OC(C)(C)C)C(=O)C=[N+]=[N-])N2C1=O. The van der Waals surface area contributed by atoms with E-state index in [-0.39, 0.29) is 31.7 Å². The van der Waals surface area contributed by atoms with E-state index in [1.54, 1.807) is 20.8 Å². The molecule has 13 heteroatoms. The Morgan fingerprint density at radius 3 is 2.50 bits per heavy atom. The molecule has 13 nitrogen and oxygen atoms in total. The van der Waals surface area contributed by atoms with Crippen molar-refractivity contribution < 1.29 is 38.3 Å². The van der Waals surface area contributed by atoms with Gasteiger partial charge in [0.1, 0.15) is 23.7 Å². The van der Waals surface area contributed by atoms with Crippen molar-refractivity contribution in [3.63, 3.8) is 0 Å². The van der Waals surface area contributed by atoms with Crippen molar-refractivity contribution in [2.24, 2.45) is 0 Å². The van der Waals surface area contributed by atoms with Crippen LogP contribution in [0.1, 0.15) is 59.8 Å². The van der Waals surface area contributed by atoms with E-state index in [4.69, 9.17) is 10.3 Å². The molecule has 34 heavy (non-hydrogen) atoms. The summed E-state index contributed by atoms with van der Waals surface area (Å²) in [7, 11) is 0. The van der Waals surface area contributed by atoms with E-state index >= 15 is 0 Å². The summed E-state index contributed by atoms with van der Waals surface area (Å²) in [6, 6.07) is -3.56. The molecule has 4 amide bonds. The van der Waals surface area contributed by atoms with Gasteiger partial charge in [0.15, 0.2) is 0 Å². The molecule has 2 aliphatic rings. The Kier molecular flexibility index (Phi) is 8.63. The maximum Gasteiger partial charge on any atom is 0.325 e. The molecule has 0 radical (unpaired) electrons. The highest BCUT2D eigenvalue weighted by molar-refractivity contribution is 6.28. The number of hydrogen-bond donors (Lipinski definition) is 2. The molecule has 0 spiro atoms. The van der Waals surface area contributed by atoms with Crippen LogP contribution in [0.25, 0.3) is 5.53 Å². The average Bonchev–Trinajstić information content (AvgIpc) is 2.84. The first-order chi connectivity index (χ1) is 15.8. The van der Waals surface area contributed by atoms with Gasteiger partial charge in [-0.05, 0) is 40.0 Å². The van der Waals surface area contributed by atoms with Crippen molar-refractivity contribution in [3.8, 4) is 0 Å². The van der Waals surface area contributed by atoms with Crippen molar-refractivity contribution in [2.45, 2.75) is 83.5 Å². The topological polar surface area (TPSA) is 179 Å². The first-order valence-corrected chi connectivity index (χ1v) is 11.0. The second-order valence-corrected chi connectivity index (χ2v) is 9.15. The van der Waals surface area contributed by atoms with E-state index in [1.807, 2.05) is 0 Å². The minimum Gasteiger partial charge on any atom is -0.460 e. The van der Waals surface area contributed by atoms with Crippen LogP contribution in [0.3, 0.4) is 0 Å². The zero-order valence-corrected chi connectivity index (χ0v) is 19.7. The molecule has 2 N–H and O–H groups in total. The fourth-order valence-electron chi connectivity index (χ4n) is 3.84. The third-order valence-electron chi connectivity index (χ3n) is 5.18. The maximum atomic E-state index is 13.2. The molecule has 2 saturated heterocycles. The standard InChI is InChI=1S/C21H30N6O7/c1-12(28)24-13-7-8-17(30)26-9-5-6-15(27(26)20(13)33)19(32)25-14(16(29)11-23-22)10-18(31)34-21(2,3)4/h11,13-15H,5-10H2,1-4H3,(H,24,28)(H,25,32)/t13-,14-,15-/m0/s1. The van der Waals surface area contributed by atoms with Gasteiger partial charge in [-0.1, -0.05) is 0 Å². The van der Waals surface area contributed by atoms with Crippen molar-refractivity contribution in [1.82, 2.24) is 20.7 Å². The van der Waals surface area contributed by atoms with E-state index in [0.29, 0.717) is 12.6 Å². The van der Waals surface area contributed by atoms with Gasteiger partial charge >= 0.3 is 12.2 Å². The summed E-state index contributed by atoms with van der Waals surface area (Å²) in [5, 5.41) is 7.15. The van der Waals surface area contributed by atoms with Crippen molar-refractivity contribution in [1.29, 1.82) is 0 Å². The largest absolute Gasteiger partial charge is 0.460 e. The average molecular weight is 479 g/mol. The quantitative estimate of drug-likeness (QED) is 0.206. The Bertz CT molecular complexity index is 921. The van der Waals surface area contributed by atoms with Crippen molar-refractivity contribution in [3.05, 3.63) is 5.53 Å². The molecule has 186 valence electrons. The number of ketones is 1. The zero-order chi connectivity index (χ0) is 25.6. The van der Waals surface area contributed by atoms with E-state index in [1.165, 1.54) is 11.9 Å². The second-order valence-electron chi connectivity index (χ2n) is 9.15. The summed E-state index contributed by atoms with van der Waals surface area (Å²) in [5.74, 6) is -3.84. The molecule has 0 unspecified atom stereocenters. The molecule has 0 aromatic rings. The van der Waals surface area contributed by atoms with Gasteiger partial charge in [0.25, 0.3) is 11.7 Å². The van der Waals surface area contributed by atoms with Crippen LogP contribution in [0.4, 0.5) is 0 Å². The van der Waals surface area contributed by atoms with Gasteiger partial charge in [-0.15, -0.1) is 0 Å². The summed E-state index contributed by atoms with van der Waals surface area (Å²) in [6.45, 7) is 6.38. The fraction of sp³-hybridized carbons (Fsp3) is 0.667. The van der Waals surface area contributed by atoms with Crippen LogP contribution < -0.4 is 10.6 Å². The Hall–Kier alpha value is -3.60. The number of nitrogens with one attached hydrogen (secondary N) is 2. The number of esters is 1. The van der Waals surface area contributed by atoms with Crippen LogP contribution in [-0.4, -0.2) is 86.7 Å². The van der Waals surface area contributed by atoms with Crippen LogP contribution >= 0.6 is 0 Å². The molecule has 0 aliphatic carbocycles. The van der Waals surface area contributed by atoms with Gasteiger partial charge in [-0.2, -0.15) is 4.79 Å². The smallest absolute Gasteiger partial charge is 0.325 e. The fourth-order valence-corrected chi connectivity index (χ4v) is 3.84. The number of ether oxygens (including phenoxy) is 1. The minimum absolute atomic E-state index is 0.00818. The van der Waals surface area contributed by atoms with Crippen LogP contribution in [-0.2, 0) is 33.5 Å². The number of fused-ring (bicyclic) bond motifs is 1. The summed E-state index contributed by atoms with van der Waals surface area (Å²) in [6.07, 6.45) is 0.720. The Labute approximate surface area is 196 Å². The molecule has 3 atom stereocenters. The molecule has 2 rings (SSSR count). The van der Waals surface area contributed by atoms with Gasteiger partial charge in [0.2, 0.25) is 17.7 Å². The lowest BCUT2D eigenvalue weighted by atomic mass is 10.0. The number of rotatable bonds is 7. The van der Waals surface area contributed by atoms with Gasteiger partial charge in [0, 0.05) is 19.9 Å². The monoisotopic (exact) mass is 478 g/mol. The third-order valence-corrected chi connectivity index (χ3v) is 5.18. The molecule has 2 aliphatic heterocycles. The summed E-state index contributed by atoms with van der Waals surface area (Å²) in [4.78, 5) is 77.8. The highest BCUT2D eigenvalue weighted by Gasteiger charge is 2.45. The molecule has 0 aromatic heterocycles. The maximum absolute atomic E-state index is 13.2. The van der Waals surface area contributed by atoms with E-state index < -0.39 is 59.6 Å². The number of hydrogen-bond acceptors (Lipinski definition) is 7. The lowest BCUT2D eigenvalue weighted by Gasteiger charge is -2.43. The number of carbonyl (C=O) groups is 6. The number of amides is 4. The van der Waals surface area contributed by atoms with Crippen molar-refractivity contribution >= 4 is 41.6 Å². The Morgan fingerprint density at radius 2 is 1.91 bits per heavy atom. The van der Waals surface area contributed by atoms with Gasteiger partial charge in [-0.3, -0.25) is 33.8 Å². The highest BCUT2D eigenvalue weighted by atomic mass is 16.6. The number of Topliss-reactive ketones (excluding diaryl/α,β-unsaturated/α-hetero) is 1. The lowest BCUT2D eigenvalue weighted by molar-refractivity contribution is -0.176. The van der Waals surface area contributed by atoms with Gasteiger partial charge in [-0.25, -0.2) is 5.01 Å². The Morgan fingerprint density at radius 1 is 1.24 bits per heavy atom. The van der Waals surface area contributed by atoms with Gasteiger partial charge in [0.05, 0.1) is 6.42 Å². The number of carbonyl (C=O) groups excluding carboxylic acids is 6. The predicted octanol–water partition coefficient (Wildman–Crippen LogP) is -0.894. The van der Waals surface area contributed by atoms with E-state index in [9.17, 15) is 28.8 Å². The van der Waals surface area contributed by atoms with E-state index in [2.05, 4.69) is 15.4 Å². The van der Waals surface area contributed by atoms with E-state index in [0.717, 1.165) is 5.01 Å². The summed E-state index contributed by atoms with van der Waals surface area (Å²) in [5.41, 5.74) is 7.90. The predicted molar refractivity (Wildman–Crippen MR) is 116 cm³/mol. The first-order valence-electron chi connectivity index (χ1n) is 11.0. The van der Waals surface area contributed by atoms with Crippen LogP contribution in [0, 0.1) is 0 Å². The zero-order valence-electron chi connectivity index (χ0n) is 19.7. The molecule has 2 heterocycles. The molecular weight excluding hydrogens is 448 g/mol. The van der Waals surface area contributed by atoms with Crippen molar-refractivity contribution in [2.75, 3.05) is 6.54 Å². The molecular formula is C21H30N6O7.